The molecule has 7 heteroatoms. The predicted molar refractivity (Wildman–Crippen MR) is 114 cm³/mol. The van der Waals surface area contributed by atoms with Crippen molar-refractivity contribution < 1.29 is 9.53 Å². The summed E-state index contributed by atoms with van der Waals surface area (Å²) >= 11 is 0. The van der Waals surface area contributed by atoms with Crippen LogP contribution in [-0.4, -0.2) is 48.2 Å². The first-order valence-electron chi connectivity index (χ1n) is 10.4. The first-order valence-corrected chi connectivity index (χ1v) is 10.4. The molecule has 1 saturated heterocycles. The molecule has 0 spiro atoms. The largest absolute Gasteiger partial charge is 0.383 e. The fraction of sp³-hybridized carbons (Fsp3) is 0.591. The van der Waals surface area contributed by atoms with Crippen LogP contribution >= 0.6 is 0 Å². The number of nitrogens with two attached hydrogens (primary N) is 1. The van der Waals surface area contributed by atoms with Crippen molar-refractivity contribution in [1.82, 2.24) is 20.6 Å². The zero-order valence-electron chi connectivity index (χ0n) is 17.7. The number of benzene rings is 1. The van der Waals surface area contributed by atoms with Gasteiger partial charge in [0.2, 0.25) is 5.82 Å². The lowest BCUT2D eigenvalue weighted by Gasteiger charge is -2.22. The van der Waals surface area contributed by atoms with E-state index in [1.54, 1.807) is 7.11 Å². The monoisotopic (exact) mass is 397 g/mol. The summed E-state index contributed by atoms with van der Waals surface area (Å²) in [4.78, 5) is 21.7. The normalized spacial score (nSPS) is 22.2. The van der Waals surface area contributed by atoms with Crippen molar-refractivity contribution in [2.75, 3.05) is 25.9 Å². The third-order valence-corrected chi connectivity index (χ3v) is 5.94. The van der Waals surface area contributed by atoms with E-state index < -0.39 is 0 Å². The molecule has 0 radical (unpaired) electrons. The number of anilines is 1. The number of hydrogen-bond acceptors (Lipinski definition) is 6. The Labute approximate surface area is 171 Å². The molecule has 0 bridgehead atoms. The third kappa shape index (κ3) is 4.21. The van der Waals surface area contributed by atoms with Gasteiger partial charge < -0.3 is 21.1 Å². The SMILES string of the molecule is CO[C@H]1CN[C@H](CNC(=O)c2nc(N)c3cc(C4CC4)cc(C(C)(C)C)c3n2)C1. The average Bonchev–Trinajstić information content (AvgIpc) is 3.42. The predicted octanol–water partition coefficient (Wildman–Crippen LogP) is 2.49. The van der Waals surface area contributed by atoms with Crippen LogP contribution in [0, 0.1) is 0 Å². The molecule has 2 heterocycles. The Hall–Kier alpha value is -2.25. The number of nitrogen functional groups attached to an aromatic ring is 1. The zero-order valence-corrected chi connectivity index (χ0v) is 17.7. The van der Waals surface area contributed by atoms with Gasteiger partial charge in [-0.05, 0) is 47.8 Å². The van der Waals surface area contributed by atoms with Crippen molar-refractivity contribution in [2.45, 2.75) is 63.5 Å². The van der Waals surface area contributed by atoms with Crippen molar-refractivity contribution in [3.8, 4) is 0 Å². The molecule has 2 aromatic rings. The van der Waals surface area contributed by atoms with Gasteiger partial charge in [0.25, 0.3) is 5.91 Å². The van der Waals surface area contributed by atoms with Crippen molar-refractivity contribution in [1.29, 1.82) is 0 Å². The molecule has 1 saturated carbocycles. The minimum Gasteiger partial charge on any atom is -0.383 e. The van der Waals surface area contributed by atoms with E-state index in [9.17, 15) is 4.79 Å². The Bertz CT molecular complexity index is 933. The van der Waals surface area contributed by atoms with Crippen molar-refractivity contribution in [3.05, 3.63) is 29.1 Å². The third-order valence-electron chi connectivity index (χ3n) is 5.94. The van der Waals surface area contributed by atoms with Gasteiger partial charge in [-0.3, -0.25) is 4.79 Å². The number of carbonyl (C=O) groups excluding carboxylic acids is 1. The lowest BCUT2D eigenvalue weighted by Crippen LogP contribution is -2.37. The smallest absolute Gasteiger partial charge is 0.289 e. The summed E-state index contributed by atoms with van der Waals surface area (Å²) in [5, 5.41) is 7.13. The van der Waals surface area contributed by atoms with E-state index in [1.165, 1.54) is 18.4 Å². The molecule has 2 aliphatic rings. The number of rotatable bonds is 5. The fourth-order valence-corrected chi connectivity index (χ4v) is 4.02. The molecule has 1 aliphatic heterocycles. The fourth-order valence-electron chi connectivity index (χ4n) is 4.02. The molecule has 4 N–H and O–H groups in total. The molecule has 156 valence electrons. The Kier molecular flexibility index (Phi) is 5.21. The lowest BCUT2D eigenvalue weighted by molar-refractivity contribution is 0.0936. The van der Waals surface area contributed by atoms with Crippen molar-refractivity contribution in [3.63, 3.8) is 0 Å². The minimum absolute atomic E-state index is 0.110. The summed E-state index contributed by atoms with van der Waals surface area (Å²) < 4.78 is 5.36. The van der Waals surface area contributed by atoms with Gasteiger partial charge in [0.15, 0.2) is 0 Å². The standard InChI is InChI=1S/C22H31N5O2/c1-22(2,3)17-8-13(12-5-6-12)7-16-18(17)26-20(27-19(16)23)21(28)25-10-14-9-15(29-4)11-24-14/h7-8,12,14-15,24H,5-6,9-11H2,1-4H3,(H,25,28)(H2,23,26,27)/t14-,15+/m0/s1. The van der Waals surface area contributed by atoms with Gasteiger partial charge in [-0.2, -0.15) is 0 Å². The second-order valence-corrected chi connectivity index (χ2v) is 9.33. The van der Waals surface area contributed by atoms with Crippen LogP contribution < -0.4 is 16.4 Å². The maximum absolute atomic E-state index is 12.7. The molecular weight excluding hydrogens is 366 g/mol. The molecule has 2 fully saturated rings. The molecule has 29 heavy (non-hydrogen) atoms. The molecule has 2 atom stereocenters. The summed E-state index contributed by atoms with van der Waals surface area (Å²) in [6, 6.07) is 4.53. The number of hydrogen-bond donors (Lipinski definition) is 3. The molecular formula is C22H31N5O2. The Morgan fingerprint density at radius 3 is 2.69 bits per heavy atom. The highest BCUT2D eigenvalue weighted by Crippen LogP contribution is 2.43. The van der Waals surface area contributed by atoms with Gasteiger partial charge in [0.05, 0.1) is 11.6 Å². The molecule has 1 aromatic heterocycles. The van der Waals surface area contributed by atoms with Crippen LogP contribution in [0.5, 0.6) is 0 Å². The average molecular weight is 398 g/mol. The van der Waals surface area contributed by atoms with Gasteiger partial charge in [-0.25, -0.2) is 9.97 Å². The number of nitrogens with zero attached hydrogens (tertiary/aromatic N) is 2. The number of amides is 1. The Balaban J connectivity index is 1.62. The first-order chi connectivity index (χ1) is 13.8. The zero-order chi connectivity index (χ0) is 20.8. The lowest BCUT2D eigenvalue weighted by atomic mass is 9.84. The number of ether oxygens (including phenoxy) is 1. The van der Waals surface area contributed by atoms with Crippen LogP contribution in [0.1, 0.15) is 67.7 Å². The maximum Gasteiger partial charge on any atom is 0.289 e. The van der Waals surface area contributed by atoms with Gasteiger partial charge in [-0.15, -0.1) is 0 Å². The summed E-state index contributed by atoms with van der Waals surface area (Å²) in [7, 11) is 1.71. The molecule has 0 unspecified atom stereocenters. The van der Waals surface area contributed by atoms with Crippen LogP contribution in [0.3, 0.4) is 0 Å². The molecule has 1 amide bonds. The first kappa shape index (κ1) is 20.0. The molecule has 7 nitrogen and oxygen atoms in total. The second-order valence-electron chi connectivity index (χ2n) is 9.33. The van der Waals surface area contributed by atoms with Crippen molar-refractivity contribution in [2.24, 2.45) is 0 Å². The van der Waals surface area contributed by atoms with Crippen LogP contribution in [0.15, 0.2) is 12.1 Å². The topological polar surface area (TPSA) is 102 Å². The minimum atomic E-state index is -0.299. The van der Waals surface area contributed by atoms with E-state index in [2.05, 4.69) is 53.5 Å². The number of nitrogens with one attached hydrogen (secondary N) is 2. The van der Waals surface area contributed by atoms with Crippen LogP contribution in [0.4, 0.5) is 5.82 Å². The summed E-state index contributed by atoms with van der Waals surface area (Å²) in [5.41, 5.74) is 9.37. The molecule has 1 aromatic carbocycles. The van der Waals surface area contributed by atoms with Crippen molar-refractivity contribution >= 4 is 22.6 Å². The number of aromatic nitrogens is 2. The van der Waals surface area contributed by atoms with Gasteiger partial charge in [0.1, 0.15) is 5.82 Å². The number of fused-ring (bicyclic) bond motifs is 1. The second kappa shape index (κ2) is 7.54. The quantitative estimate of drug-likeness (QED) is 0.716. The molecule has 1 aliphatic carbocycles. The Morgan fingerprint density at radius 2 is 2.07 bits per heavy atom. The van der Waals surface area contributed by atoms with Gasteiger partial charge in [0, 0.05) is 31.6 Å². The van der Waals surface area contributed by atoms with Crippen LogP contribution in [-0.2, 0) is 10.2 Å². The van der Waals surface area contributed by atoms with E-state index in [0.717, 1.165) is 29.4 Å². The summed E-state index contributed by atoms with van der Waals surface area (Å²) in [6.45, 7) is 7.79. The summed E-state index contributed by atoms with van der Waals surface area (Å²) in [5.74, 6) is 0.803. The van der Waals surface area contributed by atoms with E-state index in [-0.39, 0.29) is 29.3 Å². The maximum atomic E-state index is 12.7. The van der Waals surface area contributed by atoms with E-state index >= 15 is 0 Å². The number of carbonyl (C=O) groups is 1. The summed E-state index contributed by atoms with van der Waals surface area (Å²) in [6.07, 6.45) is 3.50. The highest BCUT2D eigenvalue weighted by atomic mass is 16.5. The highest BCUT2D eigenvalue weighted by Gasteiger charge is 2.29. The Morgan fingerprint density at radius 1 is 1.31 bits per heavy atom. The van der Waals surface area contributed by atoms with E-state index in [4.69, 9.17) is 10.5 Å². The van der Waals surface area contributed by atoms with Gasteiger partial charge in [-0.1, -0.05) is 26.8 Å². The van der Waals surface area contributed by atoms with Crippen LogP contribution in [0.2, 0.25) is 0 Å². The van der Waals surface area contributed by atoms with E-state index in [1.807, 2.05) is 0 Å². The van der Waals surface area contributed by atoms with E-state index in [0.29, 0.717) is 18.3 Å². The van der Waals surface area contributed by atoms with Crippen LogP contribution in [0.25, 0.3) is 10.9 Å². The number of methoxy groups -OCH3 is 1. The van der Waals surface area contributed by atoms with Gasteiger partial charge >= 0.3 is 0 Å². The molecule has 4 rings (SSSR count). The highest BCUT2D eigenvalue weighted by molar-refractivity contribution is 5.97.